The Morgan fingerprint density at radius 3 is 1.52 bits per heavy atom. The molecule has 0 aliphatic heterocycles. The van der Waals surface area contributed by atoms with Crippen molar-refractivity contribution in [3.05, 3.63) is 24.4 Å². The van der Waals surface area contributed by atoms with E-state index in [0.29, 0.717) is 0 Å². The van der Waals surface area contributed by atoms with E-state index in [9.17, 15) is 0 Å². The minimum absolute atomic E-state index is 1.14. The summed E-state index contributed by atoms with van der Waals surface area (Å²) < 4.78 is 0. The van der Waals surface area contributed by atoms with Crippen LogP contribution in [0.5, 0.6) is 0 Å². The summed E-state index contributed by atoms with van der Waals surface area (Å²) >= 11 is 0. The molecule has 0 aromatic rings. The van der Waals surface area contributed by atoms with Gasteiger partial charge in [0.1, 0.15) is 0 Å². The smallest absolute Gasteiger partial charge is 0.00985 e. The molecular weight excluding hydrogens is 282 g/mol. The van der Waals surface area contributed by atoms with Crippen molar-refractivity contribution in [2.24, 2.45) is 5.84 Å². The van der Waals surface area contributed by atoms with E-state index in [1.54, 1.807) is 0 Å². The number of nitrogens with one attached hydrogen (secondary N) is 2. The van der Waals surface area contributed by atoms with E-state index in [1.807, 2.05) is 6.20 Å². The highest BCUT2D eigenvalue weighted by atomic mass is 15.5. The van der Waals surface area contributed by atoms with Crippen LogP contribution in [0.1, 0.15) is 103 Å². The first-order valence-corrected chi connectivity index (χ1v) is 9.93. The Labute approximate surface area is 145 Å². The molecule has 0 saturated heterocycles. The van der Waals surface area contributed by atoms with Crippen molar-refractivity contribution in [3.63, 3.8) is 0 Å². The largest absolute Gasteiger partial charge is 0.316 e. The fourth-order valence-electron chi connectivity index (χ4n) is 2.71. The van der Waals surface area contributed by atoms with Gasteiger partial charge in [-0.3, -0.25) is 5.84 Å². The molecule has 0 atom stereocenters. The summed E-state index contributed by atoms with van der Waals surface area (Å²) in [6, 6.07) is 0. The van der Waals surface area contributed by atoms with Gasteiger partial charge < -0.3 is 5.43 Å². The average Bonchev–Trinajstić information content (AvgIpc) is 2.57. The quantitative estimate of drug-likeness (QED) is 0.127. The Bertz CT molecular complexity index is 236. The molecule has 0 fully saturated rings. The van der Waals surface area contributed by atoms with Crippen molar-refractivity contribution in [2.45, 2.75) is 103 Å². The first kappa shape index (κ1) is 22.2. The summed E-state index contributed by atoms with van der Waals surface area (Å²) in [4.78, 5) is 0. The lowest BCUT2D eigenvalue weighted by Gasteiger charge is -2.02. The van der Waals surface area contributed by atoms with Crippen LogP contribution in [0, 0.1) is 0 Å². The number of unbranched alkanes of at least 4 members (excludes halogenated alkanes) is 13. The zero-order valence-corrected chi connectivity index (χ0v) is 15.5. The van der Waals surface area contributed by atoms with Crippen molar-refractivity contribution >= 4 is 0 Å². The molecule has 3 heteroatoms. The molecule has 0 saturated carbocycles. The topological polar surface area (TPSA) is 50.1 Å². The summed E-state index contributed by atoms with van der Waals surface area (Å²) in [6.07, 6.45) is 29.0. The summed E-state index contributed by atoms with van der Waals surface area (Å²) in [6.45, 7) is 2.24. The summed E-state index contributed by atoms with van der Waals surface area (Å²) in [5.74, 6) is 5.09. The van der Waals surface area contributed by atoms with Crippen molar-refractivity contribution in [3.8, 4) is 0 Å². The highest BCUT2D eigenvalue weighted by Crippen LogP contribution is 2.12. The van der Waals surface area contributed by atoms with E-state index in [0.717, 1.165) is 6.42 Å². The second-order valence-corrected chi connectivity index (χ2v) is 6.42. The van der Waals surface area contributed by atoms with Gasteiger partial charge in [0, 0.05) is 6.20 Å². The van der Waals surface area contributed by atoms with Crippen molar-refractivity contribution in [1.82, 2.24) is 11.0 Å². The summed E-state index contributed by atoms with van der Waals surface area (Å²) in [5.41, 5.74) is 5.13. The van der Waals surface area contributed by atoms with Crippen molar-refractivity contribution < 1.29 is 0 Å². The van der Waals surface area contributed by atoms with Crippen LogP contribution in [0.3, 0.4) is 0 Å². The number of hydrogen-bond acceptors (Lipinski definition) is 3. The fraction of sp³-hybridized carbons (Fsp3) is 0.800. The molecule has 23 heavy (non-hydrogen) atoms. The minimum Gasteiger partial charge on any atom is -0.316 e. The number of rotatable bonds is 18. The molecule has 4 N–H and O–H groups in total. The Morgan fingerprint density at radius 1 is 0.609 bits per heavy atom. The minimum atomic E-state index is 1.14. The Kier molecular flexibility index (Phi) is 20.5. The van der Waals surface area contributed by atoms with Crippen LogP contribution in [-0.4, -0.2) is 0 Å². The molecule has 3 nitrogen and oxygen atoms in total. The Hall–Kier alpha value is -0.800. The highest BCUT2D eigenvalue weighted by Gasteiger charge is 1.93. The van der Waals surface area contributed by atoms with Crippen LogP contribution in [0.15, 0.2) is 24.4 Å². The number of hydrogen-bond donors (Lipinski definition) is 3. The maximum absolute atomic E-state index is 5.09. The molecular formula is C20H41N3. The van der Waals surface area contributed by atoms with Crippen LogP contribution >= 0.6 is 0 Å². The maximum Gasteiger partial charge on any atom is 0.00985 e. The predicted octanol–water partition coefficient (Wildman–Crippen LogP) is 5.90. The molecule has 0 amide bonds. The van der Waals surface area contributed by atoms with Gasteiger partial charge in [-0.2, -0.15) is 5.53 Å². The first-order chi connectivity index (χ1) is 11.4. The third-order valence-electron chi connectivity index (χ3n) is 4.15. The predicted molar refractivity (Wildman–Crippen MR) is 104 cm³/mol. The summed E-state index contributed by atoms with van der Waals surface area (Å²) in [7, 11) is 0. The monoisotopic (exact) mass is 323 g/mol. The van der Waals surface area contributed by atoms with Gasteiger partial charge in [-0.05, 0) is 32.1 Å². The first-order valence-electron chi connectivity index (χ1n) is 9.93. The third-order valence-corrected chi connectivity index (χ3v) is 4.15. The molecule has 0 bridgehead atoms. The standard InChI is InChI=1S/C20H41N3/c1-2-3-4-5-6-7-8-9-10-11-12-13-14-15-16-17-18-19-20-22-23-21/h4-5,19-20,22-23H,2-3,6-18,21H2,1H3. The molecule has 0 unspecified atom stereocenters. The van der Waals surface area contributed by atoms with Gasteiger partial charge in [0.15, 0.2) is 0 Å². The van der Waals surface area contributed by atoms with Crippen LogP contribution in [0.25, 0.3) is 0 Å². The zero-order chi connectivity index (χ0) is 16.8. The molecule has 0 heterocycles. The van der Waals surface area contributed by atoms with E-state index >= 15 is 0 Å². The molecule has 0 aliphatic carbocycles. The SMILES string of the molecule is CCCC=CCCCCCCCCCCCCCC=CNNN. The van der Waals surface area contributed by atoms with Gasteiger partial charge >= 0.3 is 0 Å². The van der Waals surface area contributed by atoms with Crippen LogP contribution in [-0.2, 0) is 0 Å². The maximum atomic E-state index is 5.09. The zero-order valence-electron chi connectivity index (χ0n) is 15.5. The van der Waals surface area contributed by atoms with E-state index in [2.05, 4.69) is 36.1 Å². The summed E-state index contributed by atoms with van der Waals surface area (Å²) in [5, 5.41) is 0. The van der Waals surface area contributed by atoms with Gasteiger partial charge in [0.2, 0.25) is 0 Å². The van der Waals surface area contributed by atoms with Gasteiger partial charge in [-0.25, -0.2) is 0 Å². The van der Waals surface area contributed by atoms with Gasteiger partial charge in [-0.1, -0.05) is 89.4 Å². The highest BCUT2D eigenvalue weighted by molar-refractivity contribution is 4.80. The Balaban J connectivity index is 3.02. The molecule has 0 rings (SSSR count). The number of hydrazine groups is 2. The van der Waals surface area contributed by atoms with Gasteiger partial charge in [0.05, 0.1) is 0 Å². The molecule has 136 valence electrons. The van der Waals surface area contributed by atoms with E-state index in [-0.39, 0.29) is 0 Å². The number of nitrogens with two attached hydrogens (primary N) is 1. The fourth-order valence-corrected chi connectivity index (χ4v) is 2.71. The van der Waals surface area contributed by atoms with Crippen LogP contribution in [0.4, 0.5) is 0 Å². The third kappa shape index (κ3) is 21.2. The van der Waals surface area contributed by atoms with E-state index < -0.39 is 0 Å². The molecule has 0 aromatic carbocycles. The van der Waals surface area contributed by atoms with E-state index in [4.69, 9.17) is 5.84 Å². The number of allylic oxidation sites excluding steroid dienone is 3. The molecule has 0 spiro atoms. The second-order valence-electron chi connectivity index (χ2n) is 6.42. The average molecular weight is 324 g/mol. The second kappa shape index (κ2) is 21.2. The van der Waals surface area contributed by atoms with Gasteiger partial charge in [0.25, 0.3) is 0 Å². The van der Waals surface area contributed by atoms with E-state index in [1.165, 1.54) is 89.9 Å². The van der Waals surface area contributed by atoms with Crippen LogP contribution < -0.4 is 16.8 Å². The van der Waals surface area contributed by atoms with Crippen molar-refractivity contribution in [2.75, 3.05) is 0 Å². The molecule has 0 aromatic heterocycles. The lowest BCUT2D eigenvalue weighted by molar-refractivity contribution is 0.547. The van der Waals surface area contributed by atoms with Crippen molar-refractivity contribution in [1.29, 1.82) is 0 Å². The normalized spacial score (nSPS) is 11.7. The molecule has 0 radical (unpaired) electrons. The lowest BCUT2D eigenvalue weighted by atomic mass is 10.0. The lowest BCUT2D eigenvalue weighted by Crippen LogP contribution is -2.33. The van der Waals surface area contributed by atoms with Crippen LogP contribution in [0.2, 0.25) is 0 Å². The molecule has 0 aliphatic rings. The Morgan fingerprint density at radius 2 is 1.04 bits per heavy atom. The van der Waals surface area contributed by atoms with Gasteiger partial charge in [-0.15, -0.1) is 0 Å².